The second-order valence-electron chi connectivity index (χ2n) is 8.15. The fraction of sp³-hybridized carbons (Fsp3) is 0.842. The van der Waals surface area contributed by atoms with Crippen LogP contribution in [-0.2, 0) is 9.53 Å². The number of hydrogen-bond acceptors (Lipinski definition) is 4. The van der Waals surface area contributed by atoms with Gasteiger partial charge in [0.25, 0.3) is 0 Å². The topological polar surface area (TPSA) is 86.3 Å². The summed E-state index contributed by atoms with van der Waals surface area (Å²) in [5.74, 6) is 0.998. The molecule has 0 aromatic carbocycles. The average Bonchev–Trinajstić information content (AvgIpc) is 3.23. The molecule has 0 saturated carbocycles. The predicted octanol–water partition coefficient (Wildman–Crippen LogP) is 2.18. The number of hydrogen-bond donors (Lipinski definition) is 2. The van der Waals surface area contributed by atoms with Gasteiger partial charge in [-0.25, -0.2) is 4.79 Å². The van der Waals surface area contributed by atoms with Crippen molar-refractivity contribution in [1.82, 2.24) is 20.4 Å². The number of rotatable bonds is 5. The highest BCUT2D eigenvalue weighted by Crippen LogP contribution is 2.13. The minimum absolute atomic E-state index is 0. The fourth-order valence-corrected chi connectivity index (χ4v) is 3.35. The lowest BCUT2D eigenvalue weighted by Crippen LogP contribution is -2.44. The van der Waals surface area contributed by atoms with Gasteiger partial charge in [-0.2, -0.15) is 0 Å². The summed E-state index contributed by atoms with van der Waals surface area (Å²) in [5.41, 5.74) is -0.499. The molecule has 2 amide bonds. The SMILES string of the molecule is CCNC(=NCCC(=O)N1CCCC1)N1CCC(NC(=O)OC(C)(C)C)C1.I. The molecule has 0 aromatic rings. The molecule has 2 aliphatic rings. The Balaban J connectivity index is 0.00000392. The zero-order valence-electron chi connectivity index (χ0n) is 17.6. The molecule has 162 valence electrons. The molecule has 1 unspecified atom stereocenters. The lowest BCUT2D eigenvalue weighted by Gasteiger charge is -2.23. The summed E-state index contributed by atoms with van der Waals surface area (Å²) in [6, 6.07) is 0.0370. The van der Waals surface area contributed by atoms with E-state index in [4.69, 9.17) is 4.74 Å². The number of carbonyl (C=O) groups excluding carboxylic acids is 2. The first-order chi connectivity index (χ1) is 12.8. The highest BCUT2D eigenvalue weighted by molar-refractivity contribution is 14.0. The van der Waals surface area contributed by atoms with Crippen molar-refractivity contribution < 1.29 is 14.3 Å². The van der Waals surface area contributed by atoms with E-state index >= 15 is 0 Å². The van der Waals surface area contributed by atoms with Crippen LogP contribution in [0.3, 0.4) is 0 Å². The molecule has 0 aliphatic carbocycles. The largest absolute Gasteiger partial charge is 0.444 e. The Bertz CT molecular complexity index is 544. The van der Waals surface area contributed by atoms with Gasteiger partial charge in [0.15, 0.2) is 5.96 Å². The van der Waals surface area contributed by atoms with Gasteiger partial charge >= 0.3 is 6.09 Å². The first kappa shape index (κ1) is 24.8. The standard InChI is InChI=1S/C19H35N5O3.HI/c1-5-20-17(21-10-8-16(25)23-11-6-7-12-23)24-13-9-15(14-24)22-18(26)27-19(2,3)4;/h15H,5-14H2,1-4H3,(H,20,21)(H,22,26);1H. The third-order valence-electron chi connectivity index (χ3n) is 4.59. The number of amides is 2. The predicted molar refractivity (Wildman–Crippen MR) is 121 cm³/mol. The number of guanidine groups is 1. The van der Waals surface area contributed by atoms with Crippen molar-refractivity contribution in [3.63, 3.8) is 0 Å². The van der Waals surface area contributed by atoms with Gasteiger partial charge in [0.2, 0.25) is 5.91 Å². The number of halogens is 1. The third kappa shape index (κ3) is 8.40. The van der Waals surface area contributed by atoms with Crippen molar-refractivity contribution in [3.8, 4) is 0 Å². The highest BCUT2D eigenvalue weighted by atomic mass is 127. The summed E-state index contributed by atoms with van der Waals surface area (Å²) >= 11 is 0. The van der Waals surface area contributed by atoms with E-state index in [0.29, 0.717) is 19.5 Å². The normalized spacial score (nSPS) is 20.0. The number of likely N-dealkylation sites (tertiary alicyclic amines) is 2. The first-order valence-electron chi connectivity index (χ1n) is 10.1. The van der Waals surface area contributed by atoms with Crippen LogP contribution in [0, 0.1) is 0 Å². The van der Waals surface area contributed by atoms with E-state index in [9.17, 15) is 9.59 Å². The lowest BCUT2D eigenvalue weighted by molar-refractivity contribution is -0.129. The zero-order chi connectivity index (χ0) is 19.9. The molecule has 0 bridgehead atoms. The number of ether oxygens (including phenoxy) is 1. The molecular weight excluding hydrogens is 473 g/mol. The van der Waals surface area contributed by atoms with Crippen LogP contribution in [0.1, 0.15) is 53.4 Å². The summed E-state index contributed by atoms with van der Waals surface area (Å²) in [7, 11) is 0. The molecule has 2 fully saturated rings. The highest BCUT2D eigenvalue weighted by Gasteiger charge is 2.28. The monoisotopic (exact) mass is 509 g/mol. The van der Waals surface area contributed by atoms with Crippen molar-refractivity contribution in [3.05, 3.63) is 0 Å². The van der Waals surface area contributed by atoms with E-state index in [1.807, 2.05) is 32.6 Å². The van der Waals surface area contributed by atoms with E-state index in [0.717, 1.165) is 51.4 Å². The van der Waals surface area contributed by atoms with Crippen molar-refractivity contribution in [2.75, 3.05) is 39.3 Å². The van der Waals surface area contributed by atoms with E-state index in [1.54, 1.807) is 0 Å². The first-order valence-corrected chi connectivity index (χ1v) is 10.1. The number of nitrogens with one attached hydrogen (secondary N) is 2. The molecule has 2 N–H and O–H groups in total. The Labute approximate surface area is 185 Å². The molecule has 2 saturated heterocycles. The molecular formula is C19H36IN5O3. The maximum absolute atomic E-state index is 12.2. The van der Waals surface area contributed by atoms with Gasteiger partial charge in [-0.3, -0.25) is 9.79 Å². The Hall–Kier alpha value is -1.26. The molecule has 8 nitrogen and oxygen atoms in total. The number of carbonyl (C=O) groups is 2. The number of nitrogens with zero attached hydrogens (tertiary/aromatic N) is 3. The Morgan fingerprint density at radius 1 is 1.14 bits per heavy atom. The molecule has 2 aliphatic heterocycles. The average molecular weight is 509 g/mol. The van der Waals surface area contributed by atoms with Crippen LogP contribution in [0.25, 0.3) is 0 Å². The van der Waals surface area contributed by atoms with Crippen LogP contribution in [0.2, 0.25) is 0 Å². The molecule has 0 aromatic heterocycles. The maximum atomic E-state index is 12.2. The minimum atomic E-state index is -0.499. The van der Waals surface area contributed by atoms with Gasteiger partial charge in [0, 0.05) is 39.1 Å². The molecule has 0 radical (unpaired) electrons. The molecule has 28 heavy (non-hydrogen) atoms. The van der Waals surface area contributed by atoms with Gasteiger partial charge in [-0.15, -0.1) is 24.0 Å². The van der Waals surface area contributed by atoms with E-state index in [1.165, 1.54) is 0 Å². The molecule has 1 atom stereocenters. The summed E-state index contributed by atoms with van der Waals surface area (Å²) in [4.78, 5) is 32.8. The van der Waals surface area contributed by atoms with Crippen LogP contribution < -0.4 is 10.6 Å². The van der Waals surface area contributed by atoms with E-state index in [2.05, 4.69) is 20.5 Å². The van der Waals surface area contributed by atoms with Gasteiger partial charge in [-0.1, -0.05) is 0 Å². The van der Waals surface area contributed by atoms with Gasteiger partial charge in [0.05, 0.1) is 12.6 Å². The zero-order valence-corrected chi connectivity index (χ0v) is 20.0. The van der Waals surface area contributed by atoms with Crippen LogP contribution in [0.5, 0.6) is 0 Å². The second kappa shape index (κ2) is 11.7. The van der Waals surface area contributed by atoms with Crippen molar-refractivity contribution in [2.24, 2.45) is 4.99 Å². The van der Waals surface area contributed by atoms with Crippen LogP contribution in [0.15, 0.2) is 4.99 Å². The lowest BCUT2D eigenvalue weighted by atomic mass is 10.2. The van der Waals surface area contributed by atoms with Gasteiger partial charge < -0.3 is 25.2 Å². The molecule has 2 heterocycles. The van der Waals surface area contributed by atoms with Gasteiger partial charge in [0.1, 0.15) is 5.60 Å². The Kier molecular flexibility index (Phi) is 10.3. The summed E-state index contributed by atoms with van der Waals surface area (Å²) < 4.78 is 5.33. The van der Waals surface area contributed by atoms with Crippen LogP contribution in [-0.4, -0.2) is 78.7 Å². The third-order valence-corrected chi connectivity index (χ3v) is 4.59. The van der Waals surface area contributed by atoms with Crippen molar-refractivity contribution in [2.45, 2.75) is 65.0 Å². The van der Waals surface area contributed by atoms with Crippen LogP contribution in [0.4, 0.5) is 4.79 Å². The van der Waals surface area contributed by atoms with E-state index < -0.39 is 5.60 Å². The molecule has 0 spiro atoms. The number of aliphatic imine (C=N–C) groups is 1. The summed E-state index contributed by atoms with van der Waals surface area (Å²) in [5, 5.41) is 6.21. The maximum Gasteiger partial charge on any atom is 0.407 e. The van der Waals surface area contributed by atoms with Crippen molar-refractivity contribution >= 4 is 41.9 Å². The summed E-state index contributed by atoms with van der Waals surface area (Å²) in [6.07, 6.45) is 3.13. The Morgan fingerprint density at radius 3 is 2.43 bits per heavy atom. The van der Waals surface area contributed by atoms with Gasteiger partial charge in [-0.05, 0) is 47.0 Å². The molecule has 9 heteroatoms. The second-order valence-corrected chi connectivity index (χ2v) is 8.15. The molecule has 2 rings (SSSR count). The summed E-state index contributed by atoms with van der Waals surface area (Å²) in [6.45, 7) is 12.1. The van der Waals surface area contributed by atoms with E-state index in [-0.39, 0.29) is 42.0 Å². The van der Waals surface area contributed by atoms with Crippen molar-refractivity contribution in [1.29, 1.82) is 0 Å². The quantitative estimate of drug-likeness (QED) is 0.337. The minimum Gasteiger partial charge on any atom is -0.444 e. The van der Waals surface area contributed by atoms with Crippen LogP contribution >= 0.6 is 24.0 Å². The smallest absolute Gasteiger partial charge is 0.407 e. The fourth-order valence-electron chi connectivity index (χ4n) is 3.35. The Morgan fingerprint density at radius 2 is 1.82 bits per heavy atom. The number of alkyl carbamates (subject to hydrolysis) is 1.